The van der Waals surface area contributed by atoms with Gasteiger partial charge >= 0.3 is 0 Å². The Hall–Kier alpha value is -0.460. The number of hydrogen-bond donors (Lipinski definition) is 1. The zero-order valence-electron chi connectivity index (χ0n) is 13.6. The monoisotopic (exact) mass is 268 g/mol. The van der Waals surface area contributed by atoms with Crippen LogP contribution in [0.3, 0.4) is 0 Å². The third-order valence-corrected chi connectivity index (χ3v) is 4.22. The molecule has 1 rings (SSSR count). The molecule has 0 heterocycles. The molecule has 1 N–H and O–H groups in total. The fourth-order valence-electron chi connectivity index (χ4n) is 2.72. The molecule has 0 bridgehead atoms. The Labute approximate surface area is 121 Å². The molecule has 0 aromatic heterocycles. The number of aliphatic hydroxyl groups excluding tert-OH is 1. The maximum absolute atomic E-state index is 9.41. The highest BCUT2D eigenvalue weighted by molar-refractivity contribution is 4.92. The van der Waals surface area contributed by atoms with Gasteiger partial charge in [0.15, 0.2) is 0 Å². The van der Waals surface area contributed by atoms with Gasteiger partial charge in [-0.05, 0) is 18.8 Å². The van der Waals surface area contributed by atoms with Crippen LogP contribution in [0.25, 0.3) is 0 Å². The molecule has 0 saturated heterocycles. The molecule has 0 aliphatic heterocycles. The van der Waals surface area contributed by atoms with Gasteiger partial charge in [-0.15, -0.1) is 0 Å². The lowest BCUT2D eigenvalue weighted by atomic mass is 9.78. The smallest absolute Gasteiger partial charge is 0.0882 e. The summed E-state index contributed by atoms with van der Waals surface area (Å²) in [6.45, 7) is 10.3. The van der Waals surface area contributed by atoms with E-state index in [4.69, 9.17) is 0 Å². The van der Waals surface area contributed by atoms with Crippen molar-refractivity contribution in [1.29, 1.82) is 0 Å². The second-order valence-corrected chi connectivity index (χ2v) is 6.07. The van der Waals surface area contributed by atoms with E-state index < -0.39 is 0 Å². The van der Waals surface area contributed by atoms with E-state index in [-0.39, 0.29) is 0 Å². The Bertz CT molecular complexity index is 208. The van der Waals surface area contributed by atoms with Crippen molar-refractivity contribution in [3.63, 3.8) is 0 Å². The molecule has 1 nitrogen and oxygen atoms in total. The average Bonchev–Trinajstić information content (AvgIpc) is 2.44. The minimum atomic E-state index is 0.398. The molecule has 0 aromatic rings. The van der Waals surface area contributed by atoms with Crippen LogP contribution in [-0.4, -0.2) is 5.11 Å². The van der Waals surface area contributed by atoms with Crippen LogP contribution in [0.5, 0.6) is 0 Å². The molecule has 1 aliphatic rings. The topological polar surface area (TPSA) is 20.2 Å². The molecule has 0 radical (unpaired) electrons. The van der Waals surface area contributed by atoms with Gasteiger partial charge in [0.2, 0.25) is 0 Å². The lowest BCUT2D eigenvalue weighted by molar-refractivity contribution is 0.219. The van der Waals surface area contributed by atoms with Crippen molar-refractivity contribution in [3.8, 4) is 0 Å². The summed E-state index contributed by atoms with van der Waals surface area (Å²) in [6, 6.07) is 0. The quantitative estimate of drug-likeness (QED) is 0.405. The van der Waals surface area contributed by atoms with Crippen molar-refractivity contribution in [3.05, 3.63) is 12.3 Å². The first-order valence-electron chi connectivity index (χ1n) is 8.53. The summed E-state index contributed by atoms with van der Waals surface area (Å²) in [5.74, 6) is 1.67. The van der Waals surface area contributed by atoms with Gasteiger partial charge in [0.1, 0.15) is 0 Å². The third-order valence-electron chi connectivity index (χ3n) is 4.22. The van der Waals surface area contributed by atoms with Gasteiger partial charge < -0.3 is 5.11 Å². The van der Waals surface area contributed by atoms with E-state index in [0.717, 1.165) is 12.3 Å². The molecule has 1 saturated carbocycles. The fourth-order valence-corrected chi connectivity index (χ4v) is 2.72. The summed E-state index contributed by atoms with van der Waals surface area (Å²) in [6.07, 6.45) is 14.5. The van der Waals surface area contributed by atoms with Crippen LogP contribution in [0.2, 0.25) is 0 Å². The van der Waals surface area contributed by atoms with Gasteiger partial charge in [0, 0.05) is 5.92 Å². The van der Waals surface area contributed by atoms with E-state index >= 15 is 0 Å². The van der Waals surface area contributed by atoms with Crippen LogP contribution in [0.4, 0.5) is 0 Å². The zero-order valence-corrected chi connectivity index (χ0v) is 13.6. The lowest BCUT2D eigenvalue weighted by Gasteiger charge is -2.28. The first-order valence-corrected chi connectivity index (χ1v) is 8.53. The van der Waals surface area contributed by atoms with Crippen molar-refractivity contribution in [2.75, 3.05) is 0 Å². The van der Waals surface area contributed by atoms with Crippen molar-refractivity contribution in [2.45, 2.75) is 91.4 Å². The highest BCUT2D eigenvalue weighted by Crippen LogP contribution is 2.34. The number of hydrogen-bond acceptors (Lipinski definition) is 1. The minimum Gasteiger partial charge on any atom is -0.513 e. The molecule has 2 atom stereocenters. The Morgan fingerprint density at radius 3 is 2.21 bits per heavy atom. The summed E-state index contributed by atoms with van der Waals surface area (Å²) in [7, 11) is 0. The van der Waals surface area contributed by atoms with Crippen LogP contribution in [-0.2, 0) is 0 Å². The second kappa shape index (κ2) is 12.6. The molecular weight excluding hydrogens is 232 g/mol. The number of rotatable bonds is 7. The largest absolute Gasteiger partial charge is 0.513 e. The SMILES string of the molecule is C=C(O)C1CCCC(CCCCCC)C1.CCCC. The van der Waals surface area contributed by atoms with E-state index in [2.05, 4.69) is 27.4 Å². The normalized spacial score (nSPS) is 22.5. The van der Waals surface area contributed by atoms with Gasteiger partial charge in [-0.3, -0.25) is 0 Å². The Morgan fingerprint density at radius 2 is 1.68 bits per heavy atom. The maximum atomic E-state index is 9.41. The van der Waals surface area contributed by atoms with Crippen molar-refractivity contribution < 1.29 is 5.11 Å². The van der Waals surface area contributed by atoms with Gasteiger partial charge in [0.05, 0.1) is 5.76 Å². The van der Waals surface area contributed by atoms with Gasteiger partial charge in [0.25, 0.3) is 0 Å². The summed E-state index contributed by atoms with van der Waals surface area (Å²) < 4.78 is 0. The minimum absolute atomic E-state index is 0.398. The predicted octanol–water partition coefficient (Wildman–Crippen LogP) is 6.64. The lowest BCUT2D eigenvalue weighted by Crippen LogP contribution is -2.16. The molecule has 0 spiro atoms. The molecule has 114 valence electrons. The number of aliphatic hydroxyl groups is 1. The van der Waals surface area contributed by atoms with E-state index in [1.54, 1.807) is 0 Å². The standard InChI is InChI=1S/C14H26O.C4H10/c1-3-4-5-6-8-13-9-7-10-14(11-13)12(2)15;1-3-4-2/h13-15H,2-11H2,1H3;3-4H2,1-2H3. The number of unbranched alkanes of at least 4 members (excludes halogenated alkanes) is 4. The van der Waals surface area contributed by atoms with Crippen molar-refractivity contribution >= 4 is 0 Å². The first-order chi connectivity index (χ1) is 9.15. The summed E-state index contributed by atoms with van der Waals surface area (Å²) in [5.41, 5.74) is 0. The van der Waals surface area contributed by atoms with E-state index in [0.29, 0.717) is 11.7 Å². The molecule has 2 unspecified atom stereocenters. The second-order valence-electron chi connectivity index (χ2n) is 6.07. The summed E-state index contributed by atoms with van der Waals surface area (Å²) >= 11 is 0. The molecular formula is C18H36O. The first kappa shape index (κ1) is 18.5. The Balaban J connectivity index is 0.000000711. The van der Waals surface area contributed by atoms with Crippen LogP contribution in [0.1, 0.15) is 91.4 Å². The van der Waals surface area contributed by atoms with Crippen molar-refractivity contribution in [2.24, 2.45) is 11.8 Å². The Morgan fingerprint density at radius 1 is 1.00 bits per heavy atom. The highest BCUT2D eigenvalue weighted by Gasteiger charge is 2.23. The van der Waals surface area contributed by atoms with E-state index in [1.807, 2.05) is 0 Å². The summed E-state index contributed by atoms with van der Waals surface area (Å²) in [4.78, 5) is 0. The van der Waals surface area contributed by atoms with E-state index in [9.17, 15) is 5.11 Å². The zero-order chi connectivity index (χ0) is 14.5. The van der Waals surface area contributed by atoms with Crippen LogP contribution >= 0.6 is 0 Å². The third kappa shape index (κ3) is 10.0. The molecule has 1 fully saturated rings. The Kier molecular flexibility index (Phi) is 12.3. The van der Waals surface area contributed by atoms with Crippen LogP contribution in [0, 0.1) is 11.8 Å². The highest BCUT2D eigenvalue weighted by atomic mass is 16.3. The fraction of sp³-hybridized carbons (Fsp3) is 0.889. The molecule has 1 heteroatoms. The number of allylic oxidation sites excluding steroid dienone is 1. The van der Waals surface area contributed by atoms with Crippen LogP contribution < -0.4 is 0 Å². The van der Waals surface area contributed by atoms with Crippen molar-refractivity contribution in [1.82, 2.24) is 0 Å². The molecule has 1 aliphatic carbocycles. The van der Waals surface area contributed by atoms with Gasteiger partial charge in [-0.1, -0.05) is 85.1 Å². The molecule has 0 aromatic carbocycles. The predicted molar refractivity (Wildman–Crippen MR) is 86.6 cm³/mol. The van der Waals surface area contributed by atoms with Gasteiger partial charge in [-0.2, -0.15) is 0 Å². The summed E-state index contributed by atoms with van der Waals surface area (Å²) in [5, 5.41) is 9.41. The van der Waals surface area contributed by atoms with Gasteiger partial charge in [-0.25, -0.2) is 0 Å². The van der Waals surface area contributed by atoms with E-state index in [1.165, 1.54) is 64.2 Å². The van der Waals surface area contributed by atoms with Crippen LogP contribution in [0.15, 0.2) is 12.3 Å². The average molecular weight is 268 g/mol. The molecule has 19 heavy (non-hydrogen) atoms. The maximum Gasteiger partial charge on any atom is 0.0882 e. The molecule has 0 amide bonds.